The molecule has 50 heteroatoms. The first-order chi connectivity index (χ1) is 68.9. The molecule has 5 heterocycles. The molecule has 1 fully saturated rings. The van der Waals surface area contributed by atoms with Crippen LogP contribution in [0.25, 0.3) is 21.8 Å². The van der Waals surface area contributed by atoms with E-state index < -0.39 is 265 Å². The second kappa shape index (κ2) is 55.9. The second-order valence-corrected chi connectivity index (χ2v) is 40.2. The molecule has 9 rings (SSSR count). The van der Waals surface area contributed by atoms with Gasteiger partial charge in [0.15, 0.2) is 5.96 Å². The van der Waals surface area contributed by atoms with Crippen LogP contribution in [0.1, 0.15) is 133 Å². The third-order valence-electron chi connectivity index (χ3n) is 23.9. The van der Waals surface area contributed by atoms with E-state index >= 15 is 28.8 Å². The topological polar surface area (TPSA) is 734 Å². The summed E-state index contributed by atoms with van der Waals surface area (Å²) in [6.45, 7) is 7.63. The molecular formula is C95H129N23O23S4. The Morgan fingerprint density at radius 3 is 1.57 bits per heavy atom. The Balaban J connectivity index is 1.18. The number of carbonyl (C=O) groups excluding carboxylic acids is 17. The van der Waals surface area contributed by atoms with E-state index in [9.17, 15) is 82.8 Å². The quantitative estimate of drug-likeness (QED) is 0.0150. The van der Waals surface area contributed by atoms with Crippen molar-refractivity contribution >= 4 is 187 Å². The zero-order chi connectivity index (χ0) is 106. The number of phenolic OH excluding ortho intramolecular Hbond substituents is 1. The molecule has 0 saturated carbocycles. The second-order valence-electron chi connectivity index (χ2n) is 36.1. The van der Waals surface area contributed by atoms with E-state index in [0.29, 0.717) is 49.6 Å². The summed E-state index contributed by atoms with van der Waals surface area (Å²) in [6.07, 6.45) is -0.992. The number of hydrogen-bond acceptors (Lipinski definition) is 27. The van der Waals surface area contributed by atoms with Crippen molar-refractivity contribution in [2.45, 2.75) is 239 Å². The van der Waals surface area contributed by atoms with E-state index in [2.05, 4.69) is 95.0 Å². The Morgan fingerprint density at radius 2 is 1.01 bits per heavy atom. The van der Waals surface area contributed by atoms with Gasteiger partial charge >= 0.3 is 11.9 Å². The van der Waals surface area contributed by atoms with Crippen LogP contribution in [-0.2, 0) is 128 Å². The molecule has 0 unspecified atom stereocenters. The summed E-state index contributed by atoms with van der Waals surface area (Å²) in [5.74, 6) is -22.6. The average Bonchev–Trinajstić information content (AvgIpc) is 1.59. The van der Waals surface area contributed by atoms with Gasteiger partial charge in [-0.05, 0) is 148 Å². The number of fused-ring (bicyclic) bond motifs is 8. The summed E-state index contributed by atoms with van der Waals surface area (Å²) in [7, 11) is 0. The molecule has 145 heavy (non-hydrogen) atoms. The molecule has 0 aliphatic carbocycles. The van der Waals surface area contributed by atoms with Gasteiger partial charge in [-0.25, -0.2) is 0 Å². The number of thioether (sulfide) groups is 4. The van der Waals surface area contributed by atoms with E-state index in [-0.39, 0.29) is 110 Å². The number of aliphatic hydroxyl groups is 1. The summed E-state index contributed by atoms with van der Waals surface area (Å²) in [5, 5.41) is 92.9. The first-order valence-corrected chi connectivity index (χ1v) is 52.1. The van der Waals surface area contributed by atoms with Crippen LogP contribution in [0.15, 0.2) is 103 Å². The van der Waals surface area contributed by atoms with Crippen LogP contribution >= 0.6 is 47.0 Å². The lowest BCUT2D eigenvalue weighted by Crippen LogP contribution is -2.62. The third-order valence-corrected chi connectivity index (χ3v) is 27.8. The first kappa shape index (κ1) is 115. The van der Waals surface area contributed by atoms with Crippen LogP contribution in [0.5, 0.6) is 5.75 Å². The van der Waals surface area contributed by atoms with Crippen LogP contribution in [-0.4, -0.2) is 305 Å². The van der Waals surface area contributed by atoms with Gasteiger partial charge in [-0.3, -0.25) is 96.5 Å². The molecule has 1 saturated heterocycles. The zero-order valence-electron chi connectivity index (χ0n) is 81.1. The molecule has 2 aromatic heterocycles. The molecule has 4 aromatic carbocycles. The smallest absolute Gasteiger partial charge is 0.305 e. The zero-order valence-corrected chi connectivity index (χ0v) is 84.4. The molecule has 0 spiro atoms. The molecule has 3 aliphatic heterocycles. The molecule has 4 bridgehead atoms. The number of hydrogen-bond donors (Lipinski definition) is 26. The number of amides is 17. The Labute approximate surface area is 852 Å². The number of carboxylic acids is 2. The number of nitrogens with one attached hydrogen (secondary N) is 19. The number of aromatic amines is 2. The Kier molecular flexibility index (Phi) is 44.3. The average molecular weight is 2090 g/mol. The van der Waals surface area contributed by atoms with Crippen molar-refractivity contribution in [3.63, 3.8) is 0 Å². The SMILES string of the molecule is CSCC[C@@H]1NC(=O)[C@H](CC(C)C)NC(=O)[C@H](CC(=O)O)NC(=O)[C@H](CCC(=O)O)NC(=O)[C@H](Cc2ccc(O)cc2)NC(=O)[C@@H]2CSCc3cc(cc(c3)CSC[C@@H](C(=O)NCC(N)=O)NC(=O)[C@@H](Cc3c[nH]c4ccccc34)NC1=O)CSC[C@H](NC(=O)[C@H](C)N)C(=O)N[C@@H](C)C(=O)N1CCC[C@H]1C(=O)N[C@@H](Cc1c[nH]c3ccccc13)C(=O)N[C@@H](CCCNC(=N)N)C(=O)N[C@@H]([C@@H](C)O)C(=O)N[C@@H](C)C(=O)N2. The van der Waals surface area contributed by atoms with Gasteiger partial charge in [0.25, 0.3) is 0 Å². The van der Waals surface area contributed by atoms with E-state index in [1.165, 1.54) is 61.7 Å². The minimum absolute atomic E-state index is 0.00349. The van der Waals surface area contributed by atoms with Crippen LogP contribution < -0.4 is 102 Å². The molecule has 29 N–H and O–H groups in total. The standard InChI is InChI=1S/C95H129N23O23S4/c1-47(2)30-66-85(132)108-65(26-29-142-7)83(130)111-68(35-56-38-101-61-16-10-8-14-59(56)61)88(135)116-71(81(128)103-40-75(97)121)44-143-41-53-31-54-33-55(32-53)43-145-46-73(91(138)110-67(34-52-20-22-58(120)23-21-52)86(133)107-64(24-25-76(122)123)82(129)112-70(37-77(124)125)89(136)109-66)115-80(127)49(4)104-93(140)78(51(6)119)117-84(131)63(18-12-27-100-95(98)99)106-87(134)69(36-57-39-102-62-17-11-9-15-60(57)62)113-92(139)74-19-13-28-118(74)94(141)50(5)105-90(137)72(45-144-42-54)114-79(126)48(3)96/h8-11,14-17,20-23,31-33,38-39,47-51,63-74,78,101-102,119-120H,12-13,18-19,24-30,34-37,40-46,96H2,1-7H3,(H2,97,121)(H,103,128)(H,104,140)(H,105,137)(H,106,134)(H,107,133)(H,108,132)(H,109,136)(H,110,138)(H,111,130)(H,112,129)(H,113,139)(H,114,126)(H,115,127)(H,116,135)(H,117,131)(H,122,123)(H,124,125)(H4,98,99,100)/t48-,49-,50-,51+,63-,64-,65-,66-,67-,68+,69-,70-,71-,72-,73-,74-,78-/m0/s1. The number of aromatic hydroxyl groups is 1. The van der Waals surface area contributed by atoms with Gasteiger partial charge < -0.3 is 138 Å². The van der Waals surface area contributed by atoms with Gasteiger partial charge in [-0.2, -0.15) is 47.0 Å². The van der Waals surface area contributed by atoms with Crippen molar-refractivity contribution in [2.24, 2.45) is 23.1 Å². The van der Waals surface area contributed by atoms with Gasteiger partial charge in [0, 0.05) is 107 Å². The summed E-state index contributed by atoms with van der Waals surface area (Å²) >= 11 is 4.48. The van der Waals surface area contributed by atoms with Crippen molar-refractivity contribution in [3.05, 3.63) is 137 Å². The number of phenols is 1. The monoisotopic (exact) mass is 2090 g/mol. The lowest BCUT2D eigenvalue weighted by Gasteiger charge is -2.30. The van der Waals surface area contributed by atoms with Gasteiger partial charge in [0.05, 0.1) is 25.1 Å². The van der Waals surface area contributed by atoms with Crippen molar-refractivity contribution in [2.75, 3.05) is 48.9 Å². The number of carbonyl (C=O) groups is 19. The maximum absolute atomic E-state index is 15.6. The molecule has 17 amide bonds. The summed E-state index contributed by atoms with van der Waals surface area (Å²) in [4.78, 5) is 284. The number of para-hydroxylation sites is 2. The highest BCUT2D eigenvalue weighted by atomic mass is 32.2. The number of guanidine groups is 1. The van der Waals surface area contributed by atoms with Crippen LogP contribution in [0.4, 0.5) is 0 Å². The maximum atomic E-state index is 15.6. The largest absolute Gasteiger partial charge is 0.508 e. The number of aliphatic hydroxyl groups excluding tert-OH is 1. The van der Waals surface area contributed by atoms with E-state index in [1.807, 2.05) is 0 Å². The van der Waals surface area contributed by atoms with E-state index in [1.54, 1.807) is 99.2 Å². The predicted molar refractivity (Wildman–Crippen MR) is 542 cm³/mol. The number of H-pyrrole nitrogens is 2. The molecule has 17 atom stereocenters. The van der Waals surface area contributed by atoms with Crippen LogP contribution in [0.3, 0.4) is 0 Å². The van der Waals surface area contributed by atoms with Gasteiger partial charge in [0.2, 0.25) is 100 Å². The lowest BCUT2D eigenvalue weighted by molar-refractivity contribution is -0.142. The Morgan fingerprint density at radius 1 is 0.524 bits per heavy atom. The lowest BCUT2D eigenvalue weighted by atomic mass is 10.0. The maximum Gasteiger partial charge on any atom is 0.305 e. The molecule has 786 valence electrons. The van der Waals surface area contributed by atoms with Crippen molar-refractivity contribution < 1.29 is 112 Å². The highest BCUT2D eigenvalue weighted by molar-refractivity contribution is 7.99. The summed E-state index contributed by atoms with van der Waals surface area (Å²) < 4.78 is 0. The summed E-state index contributed by atoms with van der Waals surface area (Å²) in [5.41, 5.74) is 21.3. The molecule has 6 aromatic rings. The predicted octanol–water partition coefficient (Wildman–Crippen LogP) is -2.64. The molecule has 3 aliphatic rings. The highest BCUT2D eigenvalue weighted by Gasteiger charge is 2.43. The molecular weight excluding hydrogens is 1960 g/mol. The molecule has 0 radical (unpaired) electrons. The number of primary amides is 1. The van der Waals surface area contributed by atoms with E-state index in [0.717, 1.165) is 42.2 Å². The number of nitrogens with two attached hydrogens (primary N) is 3. The van der Waals surface area contributed by atoms with E-state index in [4.69, 9.17) is 22.6 Å². The van der Waals surface area contributed by atoms with Crippen molar-refractivity contribution in [1.82, 2.24) is 99.9 Å². The Hall–Kier alpha value is -13.7. The highest BCUT2D eigenvalue weighted by Crippen LogP contribution is 2.29. The number of rotatable bonds is 26. The number of aromatic nitrogens is 2. The Bertz CT molecular complexity index is 5670. The molecule has 46 nitrogen and oxygen atoms in total. The van der Waals surface area contributed by atoms with Crippen molar-refractivity contribution in [3.8, 4) is 5.75 Å². The van der Waals surface area contributed by atoms with Gasteiger partial charge in [0.1, 0.15) is 96.4 Å². The third kappa shape index (κ3) is 35.6. The fourth-order valence-electron chi connectivity index (χ4n) is 16.3. The number of nitrogens with zero attached hydrogens (tertiary/aromatic N) is 1. The number of benzene rings is 4. The minimum atomic E-state index is -2.13. The van der Waals surface area contributed by atoms with Gasteiger partial charge in [-0.15, -0.1) is 0 Å². The first-order valence-electron chi connectivity index (χ1n) is 47.2. The normalized spacial score (nSPS) is 24.3. The van der Waals surface area contributed by atoms with Gasteiger partial charge in [-0.1, -0.05) is 80.6 Å². The minimum Gasteiger partial charge on any atom is -0.508 e. The van der Waals surface area contributed by atoms with Crippen molar-refractivity contribution in [1.29, 1.82) is 5.41 Å². The van der Waals surface area contributed by atoms with Crippen LogP contribution in [0.2, 0.25) is 0 Å². The number of aliphatic carboxylic acids is 2. The fourth-order valence-corrected chi connectivity index (χ4v) is 19.7. The summed E-state index contributed by atoms with van der Waals surface area (Å²) in [6, 6.07) is -1.73. The van der Waals surface area contributed by atoms with Crippen LogP contribution in [0, 0.1) is 11.3 Å². The fraction of sp³-hybridized carbons (Fsp3) is 0.495. The number of carboxylic acid groups (broad SMARTS) is 2.